The number of nitrogens with one attached hydrogen (secondary N) is 1. The number of anilines is 1. The summed E-state index contributed by atoms with van der Waals surface area (Å²) in [7, 11) is 1.37. The zero-order valence-corrected chi connectivity index (χ0v) is 12.0. The molecule has 0 bridgehead atoms. The zero-order chi connectivity index (χ0) is 16.3. The van der Waals surface area contributed by atoms with E-state index >= 15 is 0 Å². The van der Waals surface area contributed by atoms with Gasteiger partial charge < -0.3 is 10.1 Å². The molecule has 1 N–H and O–H groups in total. The maximum Gasteiger partial charge on any atom is 0.405 e. The third-order valence-corrected chi connectivity index (χ3v) is 2.97. The average Bonchev–Trinajstić information content (AvgIpc) is 2.45. The summed E-state index contributed by atoms with van der Waals surface area (Å²) in [5, 5.41) is 2.31. The number of hydrogen-bond acceptors (Lipinski definition) is 3. The lowest BCUT2D eigenvalue weighted by Gasteiger charge is -2.16. The Hall–Kier alpha value is -2.31. The molecule has 0 saturated carbocycles. The fraction of sp³-hybridized carbons (Fsp3) is 0.267. The number of rotatable bonds is 4. The van der Waals surface area contributed by atoms with Gasteiger partial charge in [0.25, 0.3) is 0 Å². The highest BCUT2D eigenvalue weighted by Crippen LogP contribution is 2.36. The highest BCUT2D eigenvalue weighted by Gasteiger charge is 2.27. The van der Waals surface area contributed by atoms with Crippen molar-refractivity contribution in [3.8, 4) is 16.9 Å². The minimum absolute atomic E-state index is 0.202. The highest BCUT2D eigenvalue weighted by atomic mass is 19.4. The fourth-order valence-electron chi connectivity index (χ4n) is 2.01. The van der Waals surface area contributed by atoms with E-state index in [4.69, 9.17) is 4.74 Å². The van der Waals surface area contributed by atoms with Gasteiger partial charge in [0.05, 0.1) is 19.0 Å². The second-order valence-electron chi connectivity index (χ2n) is 4.68. The lowest BCUT2D eigenvalue weighted by atomic mass is 10.0. The van der Waals surface area contributed by atoms with Crippen molar-refractivity contribution in [1.29, 1.82) is 0 Å². The Labute approximate surface area is 124 Å². The molecule has 0 saturated heterocycles. The third kappa shape index (κ3) is 3.87. The summed E-state index contributed by atoms with van der Waals surface area (Å²) in [6.07, 6.45) is -3.03. The number of pyridine rings is 1. The number of hydrogen-bond donors (Lipinski definition) is 1. The quantitative estimate of drug-likeness (QED) is 0.860. The molecule has 0 aliphatic carbocycles. The Morgan fingerprint density at radius 3 is 2.55 bits per heavy atom. The van der Waals surface area contributed by atoms with Gasteiger partial charge in [-0.1, -0.05) is 0 Å². The van der Waals surface area contributed by atoms with E-state index in [-0.39, 0.29) is 11.4 Å². The van der Waals surface area contributed by atoms with Gasteiger partial charge in [-0.05, 0) is 25.1 Å². The monoisotopic (exact) mass is 314 g/mol. The van der Waals surface area contributed by atoms with Crippen LogP contribution in [0, 0.1) is 12.7 Å². The van der Waals surface area contributed by atoms with E-state index in [0.29, 0.717) is 16.8 Å². The first-order valence-electron chi connectivity index (χ1n) is 6.41. The van der Waals surface area contributed by atoms with E-state index in [2.05, 4.69) is 10.3 Å². The van der Waals surface area contributed by atoms with E-state index in [0.717, 1.165) is 0 Å². The van der Waals surface area contributed by atoms with Crippen LogP contribution in [0.3, 0.4) is 0 Å². The molecule has 118 valence electrons. The van der Waals surface area contributed by atoms with Gasteiger partial charge in [0.15, 0.2) is 0 Å². The molecule has 0 unspecified atom stereocenters. The van der Waals surface area contributed by atoms with Crippen molar-refractivity contribution in [3.63, 3.8) is 0 Å². The number of halogens is 4. The smallest absolute Gasteiger partial charge is 0.405 e. The molecule has 0 aliphatic rings. The van der Waals surface area contributed by atoms with E-state index in [1.807, 2.05) is 0 Å². The van der Waals surface area contributed by atoms with Gasteiger partial charge in [-0.2, -0.15) is 13.2 Å². The van der Waals surface area contributed by atoms with Crippen LogP contribution in [-0.4, -0.2) is 24.8 Å². The third-order valence-electron chi connectivity index (χ3n) is 2.97. The Morgan fingerprint density at radius 2 is 1.91 bits per heavy atom. The molecule has 0 spiro atoms. The van der Waals surface area contributed by atoms with Crippen LogP contribution in [-0.2, 0) is 0 Å². The van der Waals surface area contributed by atoms with Crippen molar-refractivity contribution >= 4 is 5.69 Å². The molecule has 0 radical (unpaired) electrons. The van der Waals surface area contributed by atoms with Crippen molar-refractivity contribution in [2.24, 2.45) is 0 Å². The van der Waals surface area contributed by atoms with E-state index < -0.39 is 18.5 Å². The van der Waals surface area contributed by atoms with Gasteiger partial charge in [0.1, 0.15) is 18.1 Å². The van der Waals surface area contributed by atoms with Gasteiger partial charge in [-0.25, -0.2) is 4.39 Å². The molecular weight excluding hydrogens is 300 g/mol. The molecule has 0 atom stereocenters. The second kappa shape index (κ2) is 6.21. The van der Waals surface area contributed by atoms with Crippen LogP contribution >= 0.6 is 0 Å². The number of aromatic nitrogens is 1. The Balaban J connectivity index is 2.47. The molecule has 0 fully saturated rings. The van der Waals surface area contributed by atoms with Gasteiger partial charge in [0, 0.05) is 22.9 Å². The minimum atomic E-state index is -4.35. The summed E-state index contributed by atoms with van der Waals surface area (Å²) in [6, 6.07) is 5.48. The number of benzene rings is 1. The number of alkyl halides is 3. The summed E-state index contributed by atoms with van der Waals surface area (Å²) in [5.41, 5.74) is 1.78. The first-order chi connectivity index (χ1) is 10.3. The van der Waals surface area contributed by atoms with Crippen LogP contribution in [0.15, 0.2) is 30.5 Å². The van der Waals surface area contributed by atoms with Crippen LogP contribution < -0.4 is 10.1 Å². The normalized spacial score (nSPS) is 11.4. The van der Waals surface area contributed by atoms with Crippen LogP contribution in [0.4, 0.5) is 23.2 Å². The van der Waals surface area contributed by atoms with Crippen LogP contribution in [0.5, 0.6) is 5.75 Å². The van der Waals surface area contributed by atoms with Crippen molar-refractivity contribution in [3.05, 3.63) is 42.0 Å². The number of ether oxygens (including phenoxy) is 1. The van der Waals surface area contributed by atoms with E-state index in [9.17, 15) is 17.6 Å². The van der Waals surface area contributed by atoms with Gasteiger partial charge in [-0.15, -0.1) is 0 Å². The SMILES string of the molecule is COc1cc(F)ccc1-c1cc(C)ncc1NCC(F)(F)F. The Kier molecular flexibility index (Phi) is 4.54. The van der Waals surface area contributed by atoms with E-state index in [1.54, 1.807) is 13.0 Å². The first kappa shape index (κ1) is 16.1. The minimum Gasteiger partial charge on any atom is -0.496 e. The molecule has 22 heavy (non-hydrogen) atoms. The van der Waals surface area contributed by atoms with Crippen molar-refractivity contribution in [1.82, 2.24) is 4.98 Å². The lowest BCUT2D eigenvalue weighted by molar-refractivity contribution is -0.115. The predicted octanol–water partition coefficient (Wildman–Crippen LogP) is 4.18. The summed E-state index contributed by atoms with van der Waals surface area (Å²) in [4.78, 5) is 3.99. The Morgan fingerprint density at radius 1 is 1.18 bits per heavy atom. The summed E-state index contributed by atoms with van der Waals surface area (Å²) in [5.74, 6) is -0.253. The molecule has 0 amide bonds. The second-order valence-corrected chi connectivity index (χ2v) is 4.68. The van der Waals surface area contributed by atoms with Crippen LogP contribution in [0.25, 0.3) is 11.1 Å². The first-order valence-corrected chi connectivity index (χ1v) is 6.41. The molecule has 1 aromatic carbocycles. The molecule has 3 nitrogen and oxygen atoms in total. The predicted molar refractivity (Wildman–Crippen MR) is 75.5 cm³/mol. The van der Waals surface area contributed by atoms with Crippen molar-refractivity contribution in [2.45, 2.75) is 13.1 Å². The zero-order valence-electron chi connectivity index (χ0n) is 12.0. The fourth-order valence-corrected chi connectivity index (χ4v) is 2.01. The summed E-state index contributed by atoms with van der Waals surface area (Å²) < 4.78 is 55.6. The van der Waals surface area contributed by atoms with E-state index in [1.165, 1.54) is 31.5 Å². The molecule has 1 aromatic heterocycles. The lowest BCUT2D eigenvalue weighted by Crippen LogP contribution is -2.21. The molecule has 7 heteroatoms. The summed E-state index contributed by atoms with van der Waals surface area (Å²) >= 11 is 0. The Bertz CT molecular complexity index is 671. The number of methoxy groups -OCH3 is 1. The molecule has 2 aromatic rings. The van der Waals surface area contributed by atoms with Gasteiger partial charge in [0.2, 0.25) is 0 Å². The highest BCUT2D eigenvalue weighted by molar-refractivity contribution is 5.81. The summed E-state index contributed by atoms with van der Waals surface area (Å²) in [6.45, 7) is 0.529. The van der Waals surface area contributed by atoms with Gasteiger partial charge in [-0.3, -0.25) is 4.98 Å². The topological polar surface area (TPSA) is 34.1 Å². The number of nitrogens with zero attached hydrogens (tertiary/aromatic N) is 1. The van der Waals surface area contributed by atoms with Crippen molar-refractivity contribution in [2.75, 3.05) is 19.0 Å². The average molecular weight is 314 g/mol. The maximum absolute atomic E-state index is 13.3. The van der Waals surface area contributed by atoms with Crippen LogP contribution in [0.2, 0.25) is 0 Å². The maximum atomic E-state index is 13.3. The van der Waals surface area contributed by atoms with Crippen molar-refractivity contribution < 1.29 is 22.3 Å². The largest absolute Gasteiger partial charge is 0.496 e. The molecule has 0 aliphatic heterocycles. The number of aryl methyl sites for hydroxylation is 1. The van der Waals surface area contributed by atoms with Crippen LogP contribution in [0.1, 0.15) is 5.69 Å². The standard InChI is InChI=1S/C15H14F4N2O/c1-9-5-12(11-4-3-10(16)6-14(11)22-2)13(7-20-9)21-8-15(17,18)19/h3-7,21H,8H2,1-2H3. The molecule has 2 rings (SSSR count). The van der Waals surface area contributed by atoms with Gasteiger partial charge >= 0.3 is 6.18 Å². The molecular formula is C15H14F4N2O. The molecule has 1 heterocycles.